The zero-order chi connectivity index (χ0) is 17.8. The monoisotopic (exact) mass is 353 g/mol. The second-order valence-electron chi connectivity index (χ2n) is 6.88. The minimum atomic E-state index is 0.0701. The molecule has 1 saturated heterocycles. The van der Waals surface area contributed by atoms with Crippen molar-refractivity contribution in [1.29, 1.82) is 0 Å². The maximum absolute atomic E-state index is 12.9. The Morgan fingerprint density at radius 3 is 2.88 bits per heavy atom. The van der Waals surface area contributed by atoms with Gasteiger partial charge in [-0.25, -0.2) is 0 Å². The zero-order valence-electron chi connectivity index (χ0n) is 14.7. The van der Waals surface area contributed by atoms with Crippen LogP contribution in [0, 0.1) is 5.92 Å². The molecule has 0 radical (unpaired) electrons. The minimum Gasteiger partial charge on any atom is -0.375 e. The van der Waals surface area contributed by atoms with Crippen molar-refractivity contribution in [3.8, 4) is 0 Å². The molecule has 1 aliphatic carbocycles. The molecule has 2 aliphatic rings. The third-order valence-electron chi connectivity index (χ3n) is 5.15. The predicted molar refractivity (Wildman–Crippen MR) is 95.4 cm³/mol. The number of hydrogen-bond acceptors (Lipinski definition) is 5. The van der Waals surface area contributed by atoms with Crippen LogP contribution in [-0.2, 0) is 16.1 Å². The Balaban J connectivity index is 1.35. The van der Waals surface area contributed by atoms with E-state index in [1.54, 1.807) is 30.7 Å². The van der Waals surface area contributed by atoms with E-state index in [4.69, 9.17) is 9.47 Å². The van der Waals surface area contributed by atoms with Gasteiger partial charge in [0.25, 0.3) is 5.91 Å². The summed E-state index contributed by atoms with van der Waals surface area (Å²) >= 11 is 0. The van der Waals surface area contributed by atoms with E-state index in [-0.39, 0.29) is 18.1 Å². The molecule has 0 aromatic carbocycles. The van der Waals surface area contributed by atoms with E-state index in [1.165, 1.54) is 0 Å². The van der Waals surface area contributed by atoms with Gasteiger partial charge in [0.05, 0.1) is 37.7 Å². The molecule has 26 heavy (non-hydrogen) atoms. The van der Waals surface area contributed by atoms with Gasteiger partial charge in [-0.1, -0.05) is 6.07 Å². The summed E-state index contributed by atoms with van der Waals surface area (Å²) in [5.41, 5.74) is 1.63. The number of pyridine rings is 2. The quantitative estimate of drug-likeness (QED) is 0.825. The second-order valence-corrected chi connectivity index (χ2v) is 6.88. The Kier molecular flexibility index (Phi) is 5.22. The van der Waals surface area contributed by atoms with Crippen LogP contribution >= 0.6 is 0 Å². The van der Waals surface area contributed by atoms with Crippen LogP contribution < -0.4 is 0 Å². The van der Waals surface area contributed by atoms with Crippen LogP contribution in [0.1, 0.15) is 28.9 Å². The van der Waals surface area contributed by atoms with Crippen molar-refractivity contribution < 1.29 is 14.3 Å². The SMILES string of the molecule is O=C(c1ccncc1)N1CCO[C@@H]2C[C@@H](COCc3ccccn3)C[C@H]21. The summed E-state index contributed by atoms with van der Waals surface area (Å²) in [5.74, 6) is 0.473. The first kappa shape index (κ1) is 17.1. The fraction of sp³-hybridized carbons (Fsp3) is 0.450. The molecule has 1 amide bonds. The Labute approximate surface area is 153 Å². The second kappa shape index (κ2) is 7.93. The van der Waals surface area contributed by atoms with Crippen molar-refractivity contribution in [3.63, 3.8) is 0 Å². The zero-order valence-corrected chi connectivity index (χ0v) is 14.7. The molecule has 3 atom stereocenters. The molecule has 2 aromatic rings. The van der Waals surface area contributed by atoms with Crippen molar-refractivity contribution in [3.05, 3.63) is 60.2 Å². The summed E-state index contributed by atoms with van der Waals surface area (Å²) in [6.07, 6.45) is 7.07. The fourth-order valence-corrected chi connectivity index (χ4v) is 3.91. The van der Waals surface area contributed by atoms with Crippen LogP contribution in [0.4, 0.5) is 0 Å². The molecule has 0 unspecified atom stereocenters. The highest BCUT2D eigenvalue weighted by molar-refractivity contribution is 5.94. The normalized spacial score (nSPS) is 25.1. The van der Waals surface area contributed by atoms with Crippen LogP contribution in [0.15, 0.2) is 48.9 Å². The van der Waals surface area contributed by atoms with Crippen molar-refractivity contribution in [2.45, 2.75) is 31.6 Å². The average Bonchev–Trinajstić information content (AvgIpc) is 3.12. The van der Waals surface area contributed by atoms with E-state index >= 15 is 0 Å². The van der Waals surface area contributed by atoms with Crippen LogP contribution in [0.5, 0.6) is 0 Å². The smallest absolute Gasteiger partial charge is 0.254 e. The Hall–Kier alpha value is -2.31. The van der Waals surface area contributed by atoms with Crippen LogP contribution in [0.25, 0.3) is 0 Å². The number of carbonyl (C=O) groups is 1. The minimum absolute atomic E-state index is 0.0701. The molecule has 2 aromatic heterocycles. The molecular formula is C20H23N3O3. The highest BCUT2D eigenvalue weighted by atomic mass is 16.5. The third kappa shape index (κ3) is 3.76. The van der Waals surface area contributed by atoms with E-state index in [2.05, 4.69) is 9.97 Å². The number of ether oxygens (including phenoxy) is 2. The standard InChI is InChI=1S/C20H23N3O3/c24-20(16-4-7-21-8-5-16)23-9-10-26-19-12-15(11-18(19)23)13-25-14-17-3-1-2-6-22-17/h1-8,15,18-19H,9-14H2/t15-,18+,19+/m0/s1. The maximum Gasteiger partial charge on any atom is 0.254 e. The lowest BCUT2D eigenvalue weighted by Crippen LogP contribution is -2.51. The molecule has 6 heteroatoms. The molecule has 1 saturated carbocycles. The van der Waals surface area contributed by atoms with Crippen molar-refractivity contribution in [2.24, 2.45) is 5.92 Å². The van der Waals surface area contributed by atoms with Gasteiger partial charge < -0.3 is 14.4 Å². The molecule has 0 N–H and O–H groups in total. The van der Waals surface area contributed by atoms with Crippen LogP contribution in [0.2, 0.25) is 0 Å². The highest BCUT2D eigenvalue weighted by Gasteiger charge is 2.43. The van der Waals surface area contributed by atoms with Crippen molar-refractivity contribution in [1.82, 2.24) is 14.9 Å². The molecule has 6 nitrogen and oxygen atoms in total. The van der Waals surface area contributed by atoms with Gasteiger partial charge in [0.1, 0.15) is 0 Å². The molecule has 4 rings (SSSR count). The van der Waals surface area contributed by atoms with E-state index in [1.807, 2.05) is 23.1 Å². The van der Waals surface area contributed by atoms with Crippen LogP contribution in [-0.4, -0.2) is 52.7 Å². The van der Waals surface area contributed by atoms with Gasteiger partial charge in [0, 0.05) is 30.7 Å². The van der Waals surface area contributed by atoms with Gasteiger partial charge in [-0.15, -0.1) is 0 Å². The number of fused-ring (bicyclic) bond motifs is 1. The Bertz CT molecular complexity index is 726. The van der Waals surface area contributed by atoms with Crippen molar-refractivity contribution in [2.75, 3.05) is 19.8 Å². The summed E-state index contributed by atoms with van der Waals surface area (Å²) < 4.78 is 11.8. The van der Waals surface area contributed by atoms with Gasteiger partial charge in [-0.05, 0) is 43.0 Å². The summed E-state index contributed by atoms with van der Waals surface area (Å²) in [6.45, 7) is 2.43. The molecule has 3 heterocycles. The van der Waals surface area contributed by atoms with E-state index in [9.17, 15) is 4.79 Å². The number of hydrogen-bond donors (Lipinski definition) is 0. The van der Waals surface area contributed by atoms with E-state index in [0.717, 1.165) is 18.5 Å². The van der Waals surface area contributed by atoms with Gasteiger partial charge >= 0.3 is 0 Å². The van der Waals surface area contributed by atoms with Crippen molar-refractivity contribution >= 4 is 5.91 Å². The van der Waals surface area contributed by atoms with Gasteiger partial charge in [-0.3, -0.25) is 14.8 Å². The first-order valence-electron chi connectivity index (χ1n) is 9.11. The number of amides is 1. The summed E-state index contributed by atoms with van der Waals surface area (Å²) in [6, 6.07) is 9.51. The molecular weight excluding hydrogens is 330 g/mol. The molecule has 2 fully saturated rings. The number of carbonyl (C=O) groups excluding carboxylic acids is 1. The van der Waals surface area contributed by atoms with Gasteiger partial charge in [-0.2, -0.15) is 0 Å². The summed E-state index contributed by atoms with van der Waals surface area (Å²) in [7, 11) is 0. The maximum atomic E-state index is 12.9. The number of aromatic nitrogens is 2. The molecule has 136 valence electrons. The molecule has 0 spiro atoms. The summed E-state index contributed by atoms with van der Waals surface area (Å²) in [5, 5.41) is 0. The lowest BCUT2D eigenvalue weighted by atomic mass is 10.1. The largest absolute Gasteiger partial charge is 0.375 e. The van der Waals surface area contributed by atoms with Gasteiger partial charge in [0.2, 0.25) is 0 Å². The topological polar surface area (TPSA) is 64.6 Å². The number of morpholine rings is 1. The van der Waals surface area contributed by atoms with E-state index < -0.39 is 0 Å². The van der Waals surface area contributed by atoms with Gasteiger partial charge in [0.15, 0.2) is 0 Å². The first-order chi connectivity index (χ1) is 12.8. The Morgan fingerprint density at radius 2 is 2.08 bits per heavy atom. The third-order valence-corrected chi connectivity index (χ3v) is 5.15. The fourth-order valence-electron chi connectivity index (χ4n) is 3.91. The van der Waals surface area contributed by atoms with E-state index in [0.29, 0.717) is 37.8 Å². The van der Waals surface area contributed by atoms with Crippen LogP contribution in [0.3, 0.4) is 0 Å². The Morgan fingerprint density at radius 1 is 1.19 bits per heavy atom. The number of rotatable bonds is 5. The lowest BCUT2D eigenvalue weighted by molar-refractivity contribution is -0.0450. The predicted octanol–water partition coefficient (Wildman–Crippen LogP) is 2.31. The average molecular weight is 353 g/mol. The molecule has 0 bridgehead atoms. The first-order valence-corrected chi connectivity index (χ1v) is 9.11. The molecule has 1 aliphatic heterocycles. The highest BCUT2D eigenvalue weighted by Crippen LogP contribution is 2.35. The lowest BCUT2D eigenvalue weighted by Gasteiger charge is -2.37. The number of nitrogens with zero attached hydrogens (tertiary/aromatic N) is 3. The summed E-state index contributed by atoms with van der Waals surface area (Å²) in [4.78, 5) is 23.1.